The van der Waals surface area contributed by atoms with Crippen molar-refractivity contribution in [3.05, 3.63) is 70.4 Å². The van der Waals surface area contributed by atoms with Gasteiger partial charge >= 0.3 is 0 Å². The van der Waals surface area contributed by atoms with Gasteiger partial charge in [-0.25, -0.2) is 0 Å². The Morgan fingerprint density at radius 2 is 1.91 bits per heavy atom. The molecule has 0 saturated heterocycles. The van der Waals surface area contributed by atoms with E-state index in [0.717, 1.165) is 22.2 Å². The van der Waals surface area contributed by atoms with Gasteiger partial charge in [-0.05, 0) is 36.8 Å². The summed E-state index contributed by atoms with van der Waals surface area (Å²) in [6.07, 6.45) is 2.02. The van der Waals surface area contributed by atoms with Crippen molar-refractivity contribution >= 4 is 16.6 Å². The number of aromatic nitrogens is 1. The Kier molecular flexibility index (Phi) is 3.78. The molecule has 22 heavy (non-hydrogen) atoms. The van der Waals surface area contributed by atoms with Gasteiger partial charge in [0.1, 0.15) is 5.75 Å². The zero-order valence-electron chi connectivity index (χ0n) is 12.2. The summed E-state index contributed by atoms with van der Waals surface area (Å²) in [6.45, 7) is 3.29. The van der Waals surface area contributed by atoms with Crippen LogP contribution < -0.4 is 4.74 Å². The van der Waals surface area contributed by atoms with E-state index < -0.39 is 0 Å². The summed E-state index contributed by atoms with van der Waals surface area (Å²) in [4.78, 5) is 10.3. The third kappa shape index (κ3) is 2.79. The van der Waals surface area contributed by atoms with Crippen LogP contribution in [0.1, 0.15) is 12.5 Å². The van der Waals surface area contributed by atoms with E-state index in [4.69, 9.17) is 4.74 Å². The summed E-state index contributed by atoms with van der Waals surface area (Å²) in [6, 6.07) is 14.7. The van der Waals surface area contributed by atoms with Crippen LogP contribution in [-0.4, -0.2) is 16.1 Å². The topological polar surface area (TPSA) is 57.3 Å². The van der Waals surface area contributed by atoms with Crippen LogP contribution in [0, 0.1) is 10.1 Å². The van der Waals surface area contributed by atoms with E-state index in [2.05, 4.69) is 4.57 Å². The van der Waals surface area contributed by atoms with Gasteiger partial charge in [-0.3, -0.25) is 10.1 Å². The molecule has 0 spiro atoms. The van der Waals surface area contributed by atoms with Crippen LogP contribution in [-0.2, 0) is 6.54 Å². The molecule has 0 N–H and O–H groups in total. The van der Waals surface area contributed by atoms with Crippen molar-refractivity contribution in [2.45, 2.75) is 13.5 Å². The predicted octanol–water partition coefficient (Wildman–Crippen LogP) is 4.00. The van der Waals surface area contributed by atoms with Gasteiger partial charge in [-0.15, -0.1) is 0 Å². The first-order valence-electron chi connectivity index (χ1n) is 7.12. The first-order chi connectivity index (χ1) is 10.7. The molecule has 0 atom stereocenters. The Morgan fingerprint density at radius 3 is 2.59 bits per heavy atom. The number of nitro groups is 1. The highest BCUT2D eigenvalue weighted by molar-refractivity contribution is 5.81. The predicted molar refractivity (Wildman–Crippen MR) is 85.3 cm³/mol. The van der Waals surface area contributed by atoms with Gasteiger partial charge in [0, 0.05) is 35.8 Å². The van der Waals surface area contributed by atoms with Crippen molar-refractivity contribution in [1.29, 1.82) is 0 Å². The zero-order valence-corrected chi connectivity index (χ0v) is 12.2. The number of benzene rings is 2. The van der Waals surface area contributed by atoms with Crippen molar-refractivity contribution in [2.75, 3.05) is 6.61 Å². The Balaban J connectivity index is 1.85. The molecule has 0 aliphatic rings. The molecule has 1 aromatic heterocycles. The van der Waals surface area contributed by atoms with E-state index in [9.17, 15) is 10.1 Å². The second-order valence-corrected chi connectivity index (χ2v) is 5.02. The molecule has 0 bridgehead atoms. The fourth-order valence-corrected chi connectivity index (χ4v) is 2.49. The molecule has 5 nitrogen and oxygen atoms in total. The van der Waals surface area contributed by atoms with E-state index in [-0.39, 0.29) is 10.6 Å². The Hall–Kier alpha value is -2.82. The molecule has 1 heterocycles. The number of hydrogen-bond donors (Lipinski definition) is 0. The largest absolute Gasteiger partial charge is 0.494 e. The van der Waals surface area contributed by atoms with Crippen LogP contribution in [0.4, 0.5) is 5.69 Å². The van der Waals surface area contributed by atoms with Gasteiger partial charge in [-0.2, -0.15) is 0 Å². The molecule has 2 aromatic carbocycles. The molecule has 0 saturated carbocycles. The van der Waals surface area contributed by atoms with Crippen LogP contribution in [0.2, 0.25) is 0 Å². The third-order valence-corrected chi connectivity index (χ3v) is 3.55. The van der Waals surface area contributed by atoms with E-state index >= 15 is 0 Å². The van der Waals surface area contributed by atoms with Crippen LogP contribution in [0.5, 0.6) is 5.75 Å². The van der Waals surface area contributed by atoms with E-state index in [1.807, 2.05) is 37.4 Å². The fourth-order valence-electron chi connectivity index (χ4n) is 2.49. The standard InChI is InChI=1S/C17H16N2O3/c1-2-22-16-7-8-17-14(11-16)9-10-18(17)12-13-3-5-15(6-4-13)19(20)21/h3-11H,2,12H2,1H3. The summed E-state index contributed by atoms with van der Waals surface area (Å²) < 4.78 is 7.62. The minimum Gasteiger partial charge on any atom is -0.494 e. The smallest absolute Gasteiger partial charge is 0.269 e. The first kappa shape index (κ1) is 14.1. The second kappa shape index (κ2) is 5.89. The monoisotopic (exact) mass is 296 g/mol. The lowest BCUT2D eigenvalue weighted by Crippen LogP contribution is -1.98. The highest BCUT2D eigenvalue weighted by atomic mass is 16.6. The molecule has 3 aromatic rings. The van der Waals surface area contributed by atoms with Crippen molar-refractivity contribution < 1.29 is 9.66 Å². The maximum atomic E-state index is 10.7. The second-order valence-electron chi connectivity index (χ2n) is 5.02. The molecular formula is C17H16N2O3. The fraction of sp³-hybridized carbons (Fsp3) is 0.176. The molecule has 3 rings (SSSR count). The average Bonchev–Trinajstić information content (AvgIpc) is 2.90. The van der Waals surface area contributed by atoms with Crippen LogP contribution in [0.25, 0.3) is 10.9 Å². The maximum absolute atomic E-state index is 10.7. The Morgan fingerprint density at radius 1 is 1.14 bits per heavy atom. The van der Waals surface area contributed by atoms with Crippen molar-refractivity contribution in [2.24, 2.45) is 0 Å². The molecule has 0 aliphatic carbocycles. The van der Waals surface area contributed by atoms with Gasteiger partial charge in [0.25, 0.3) is 5.69 Å². The van der Waals surface area contributed by atoms with Crippen LogP contribution in [0.15, 0.2) is 54.7 Å². The molecule has 0 fully saturated rings. The molecule has 112 valence electrons. The summed E-state index contributed by atoms with van der Waals surface area (Å²) in [7, 11) is 0. The summed E-state index contributed by atoms with van der Waals surface area (Å²) in [5.74, 6) is 0.864. The van der Waals surface area contributed by atoms with Gasteiger partial charge < -0.3 is 9.30 Å². The number of hydrogen-bond acceptors (Lipinski definition) is 3. The van der Waals surface area contributed by atoms with Gasteiger partial charge in [-0.1, -0.05) is 12.1 Å². The third-order valence-electron chi connectivity index (χ3n) is 3.55. The highest BCUT2D eigenvalue weighted by Gasteiger charge is 2.06. The van der Waals surface area contributed by atoms with Crippen molar-refractivity contribution in [3.63, 3.8) is 0 Å². The van der Waals surface area contributed by atoms with E-state index in [1.54, 1.807) is 12.1 Å². The van der Waals surface area contributed by atoms with Gasteiger partial charge in [0.15, 0.2) is 0 Å². The number of nitrogens with zero attached hydrogens (tertiary/aromatic N) is 2. The van der Waals surface area contributed by atoms with Crippen molar-refractivity contribution in [3.8, 4) is 5.75 Å². The molecule has 0 aliphatic heterocycles. The lowest BCUT2D eigenvalue weighted by Gasteiger charge is -2.07. The quantitative estimate of drug-likeness (QED) is 0.528. The Bertz CT molecular complexity index is 806. The molecule has 0 radical (unpaired) electrons. The summed E-state index contributed by atoms with van der Waals surface area (Å²) in [5.41, 5.74) is 2.25. The number of ether oxygens (including phenoxy) is 1. The highest BCUT2D eigenvalue weighted by Crippen LogP contribution is 2.23. The van der Waals surface area contributed by atoms with E-state index in [1.165, 1.54) is 12.1 Å². The summed E-state index contributed by atoms with van der Waals surface area (Å²) >= 11 is 0. The molecular weight excluding hydrogens is 280 g/mol. The lowest BCUT2D eigenvalue weighted by atomic mass is 10.2. The number of nitro benzene ring substituents is 1. The lowest BCUT2D eigenvalue weighted by molar-refractivity contribution is -0.384. The molecule has 0 amide bonds. The first-order valence-corrected chi connectivity index (χ1v) is 7.12. The Labute approximate surface area is 127 Å². The number of non-ortho nitro benzene ring substituents is 1. The van der Waals surface area contributed by atoms with E-state index in [0.29, 0.717) is 13.2 Å². The molecule has 0 unspecified atom stereocenters. The zero-order chi connectivity index (χ0) is 15.5. The number of fused-ring (bicyclic) bond motifs is 1. The number of rotatable bonds is 5. The van der Waals surface area contributed by atoms with Crippen molar-refractivity contribution in [1.82, 2.24) is 4.57 Å². The average molecular weight is 296 g/mol. The van der Waals surface area contributed by atoms with Crippen LogP contribution >= 0.6 is 0 Å². The normalized spacial score (nSPS) is 10.8. The maximum Gasteiger partial charge on any atom is 0.269 e. The van der Waals surface area contributed by atoms with Gasteiger partial charge in [0.05, 0.1) is 11.5 Å². The minimum absolute atomic E-state index is 0.113. The van der Waals surface area contributed by atoms with Gasteiger partial charge in [0.2, 0.25) is 0 Å². The minimum atomic E-state index is -0.385. The SMILES string of the molecule is CCOc1ccc2c(ccn2Cc2ccc([N+](=O)[O-])cc2)c1. The van der Waals surface area contributed by atoms with Crippen LogP contribution in [0.3, 0.4) is 0 Å². The summed E-state index contributed by atoms with van der Waals surface area (Å²) in [5, 5.41) is 11.8. The molecule has 5 heteroatoms.